The predicted octanol–water partition coefficient (Wildman–Crippen LogP) is 4.30. The van der Waals surface area contributed by atoms with Gasteiger partial charge in [-0.1, -0.05) is 23.7 Å². The maximum Gasteiger partial charge on any atom is 0.165 e. The second-order valence-electron chi connectivity index (χ2n) is 4.33. The van der Waals surface area contributed by atoms with Crippen molar-refractivity contribution in [1.82, 2.24) is 5.32 Å². The molecule has 2 nitrogen and oxygen atoms in total. The summed E-state index contributed by atoms with van der Waals surface area (Å²) in [5, 5.41) is 3.50. The summed E-state index contributed by atoms with van der Waals surface area (Å²) in [5.74, 6) is 0.232. The fourth-order valence-electron chi connectivity index (χ4n) is 1.75. The molecule has 0 bridgehead atoms. The molecule has 100 valence electrons. The van der Waals surface area contributed by atoms with Crippen molar-refractivity contribution in [2.45, 2.75) is 13.5 Å². The molecule has 19 heavy (non-hydrogen) atoms. The minimum absolute atomic E-state index is 0.184. The van der Waals surface area contributed by atoms with Gasteiger partial charge in [0.15, 0.2) is 11.6 Å². The van der Waals surface area contributed by atoms with Crippen LogP contribution in [0.1, 0.15) is 11.1 Å². The Labute approximate surface area is 117 Å². The molecule has 0 fully saturated rings. The summed E-state index contributed by atoms with van der Waals surface area (Å²) in [7, 11) is 1.86. The van der Waals surface area contributed by atoms with Crippen LogP contribution in [0, 0.1) is 12.7 Å². The number of aryl methyl sites for hydroxylation is 1. The van der Waals surface area contributed by atoms with E-state index in [-0.39, 0.29) is 5.75 Å². The van der Waals surface area contributed by atoms with Gasteiger partial charge in [-0.2, -0.15) is 0 Å². The SMILES string of the molecule is CNCc1ccc(Oc2cc(C)ccc2F)c(Cl)c1. The van der Waals surface area contributed by atoms with E-state index in [4.69, 9.17) is 16.3 Å². The predicted molar refractivity (Wildman–Crippen MR) is 75.4 cm³/mol. The van der Waals surface area contributed by atoms with Crippen LogP contribution in [-0.2, 0) is 6.54 Å². The second kappa shape index (κ2) is 6.04. The van der Waals surface area contributed by atoms with E-state index >= 15 is 0 Å². The number of ether oxygens (including phenoxy) is 1. The Balaban J connectivity index is 2.25. The normalized spacial score (nSPS) is 10.5. The molecule has 0 saturated carbocycles. The van der Waals surface area contributed by atoms with Gasteiger partial charge in [-0.05, 0) is 49.4 Å². The summed E-state index contributed by atoms with van der Waals surface area (Å²) in [6, 6.07) is 10.2. The molecular weight excluding hydrogens is 265 g/mol. The fourth-order valence-corrected chi connectivity index (χ4v) is 1.99. The summed E-state index contributed by atoms with van der Waals surface area (Å²) in [5.41, 5.74) is 1.98. The average molecular weight is 280 g/mol. The number of halogens is 2. The lowest BCUT2D eigenvalue weighted by atomic mass is 10.2. The Morgan fingerprint density at radius 3 is 2.63 bits per heavy atom. The molecule has 0 spiro atoms. The van der Waals surface area contributed by atoms with Crippen molar-refractivity contribution >= 4 is 11.6 Å². The van der Waals surface area contributed by atoms with Crippen molar-refractivity contribution in [3.63, 3.8) is 0 Å². The first-order chi connectivity index (χ1) is 9.10. The van der Waals surface area contributed by atoms with E-state index in [1.165, 1.54) is 6.07 Å². The summed E-state index contributed by atoms with van der Waals surface area (Å²) >= 11 is 6.13. The quantitative estimate of drug-likeness (QED) is 0.901. The van der Waals surface area contributed by atoms with E-state index in [2.05, 4.69) is 5.32 Å². The van der Waals surface area contributed by atoms with Gasteiger partial charge in [0.05, 0.1) is 5.02 Å². The Morgan fingerprint density at radius 2 is 1.95 bits per heavy atom. The lowest BCUT2D eigenvalue weighted by Crippen LogP contribution is -2.04. The van der Waals surface area contributed by atoms with E-state index < -0.39 is 5.82 Å². The van der Waals surface area contributed by atoms with E-state index in [9.17, 15) is 4.39 Å². The van der Waals surface area contributed by atoms with Gasteiger partial charge in [-0.25, -0.2) is 4.39 Å². The molecule has 1 N–H and O–H groups in total. The number of rotatable bonds is 4. The van der Waals surface area contributed by atoms with Gasteiger partial charge < -0.3 is 10.1 Å². The van der Waals surface area contributed by atoms with Gasteiger partial charge in [0, 0.05) is 6.54 Å². The van der Waals surface area contributed by atoms with Gasteiger partial charge >= 0.3 is 0 Å². The van der Waals surface area contributed by atoms with Crippen LogP contribution in [0.4, 0.5) is 4.39 Å². The molecule has 0 aliphatic carbocycles. The van der Waals surface area contributed by atoms with Crippen LogP contribution in [0.2, 0.25) is 5.02 Å². The summed E-state index contributed by atoms with van der Waals surface area (Å²) < 4.78 is 19.1. The Morgan fingerprint density at radius 1 is 1.16 bits per heavy atom. The van der Waals surface area contributed by atoms with E-state index in [1.54, 1.807) is 24.3 Å². The minimum Gasteiger partial charge on any atom is -0.453 e. The Bertz CT molecular complexity index is 586. The van der Waals surface area contributed by atoms with Gasteiger partial charge in [0.2, 0.25) is 0 Å². The van der Waals surface area contributed by atoms with Gasteiger partial charge in [0.1, 0.15) is 5.75 Å². The van der Waals surface area contributed by atoms with Crippen molar-refractivity contribution in [3.8, 4) is 11.5 Å². The molecule has 2 aromatic carbocycles. The highest BCUT2D eigenvalue weighted by Crippen LogP contribution is 2.31. The third-order valence-corrected chi connectivity index (χ3v) is 2.98. The van der Waals surface area contributed by atoms with Crippen molar-refractivity contribution in [2.24, 2.45) is 0 Å². The number of benzene rings is 2. The molecule has 0 amide bonds. The van der Waals surface area contributed by atoms with Crippen LogP contribution < -0.4 is 10.1 Å². The van der Waals surface area contributed by atoms with Crippen molar-refractivity contribution in [1.29, 1.82) is 0 Å². The molecule has 0 radical (unpaired) electrons. The first-order valence-electron chi connectivity index (χ1n) is 5.97. The summed E-state index contributed by atoms with van der Waals surface area (Å²) in [6.45, 7) is 2.60. The average Bonchev–Trinajstić information content (AvgIpc) is 2.37. The molecule has 4 heteroatoms. The largest absolute Gasteiger partial charge is 0.453 e. The Hall–Kier alpha value is -1.58. The fraction of sp³-hybridized carbons (Fsp3) is 0.200. The van der Waals surface area contributed by atoms with Crippen molar-refractivity contribution in [2.75, 3.05) is 7.05 Å². The maximum atomic E-state index is 13.6. The highest BCUT2D eigenvalue weighted by atomic mass is 35.5. The van der Waals surface area contributed by atoms with Crippen LogP contribution in [0.15, 0.2) is 36.4 Å². The molecule has 0 unspecified atom stereocenters. The van der Waals surface area contributed by atoms with Crippen LogP contribution >= 0.6 is 11.6 Å². The highest BCUT2D eigenvalue weighted by Gasteiger charge is 2.08. The standard InChI is InChI=1S/C15H15ClFNO/c1-10-3-5-13(17)15(7-10)19-14-6-4-11(9-18-2)8-12(14)16/h3-8,18H,9H2,1-2H3. The van der Waals surface area contributed by atoms with Crippen LogP contribution in [-0.4, -0.2) is 7.05 Å². The third kappa shape index (κ3) is 3.46. The number of hydrogen-bond acceptors (Lipinski definition) is 2. The van der Waals surface area contributed by atoms with Gasteiger partial charge in [-0.3, -0.25) is 0 Å². The first kappa shape index (κ1) is 13.8. The summed E-state index contributed by atoms with van der Waals surface area (Å²) in [4.78, 5) is 0. The zero-order valence-corrected chi connectivity index (χ0v) is 11.6. The molecule has 0 atom stereocenters. The molecular formula is C15H15ClFNO. The summed E-state index contributed by atoms with van der Waals surface area (Å²) in [6.07, 6.45) is 0. The molecule has 2 aromatic rings. The van der Waals surface area contributed by atoms with Crippen molar-refractivity contribution < 1.29 is 9.13 Å². The lowest BCUT2D eigenvalue weighted by Gasteiger charge is -2.10. The second-order valence-corrected chi connectivity index (χ2v) is 4.74. The zero-order chi connectivity index (χ0) is 13.8. The number of hydrogen-bond donors (Lipinski definition) is 1. The first-order valence-corrected chi connectivity index (χ1v) is 6.35. The van der Waals surface area contributed by atoms with E-state index in [0.717, 1.165) is 17.7 Å². The minimum atomic E-state index is -0.402. The Kier molecular flexibility index (Phi) is 4.40. The van der Waals surface area contributed by atoms with Gasteiger partial charge in [0.25, 0.3) is 0 Å². The van der Waals surface area contributed by atoms with E-state index in [1.807, 2.05) is 20.0 Å². The molecule has 0 aliphatic rings. The van der Waals surface area contributed by atoms with E-state index in [0.29, 0.717) is 10.8 Å². The van der Waals surface area contributed by atoms with Crippen LogP contribution in [0.3, 0.4) is 0 Å². The molecule has 0 aromatic heterocycles. The maximum absolute atomic E-state index is 13.6. The molecule has 0 aliphatic heterocycles. The van der Waals surface area contributed by atoms with Crippen molar-refractivity contribution in [3.05, 3.63) is 58.4 Å². The smallest absolute Gasteiger partial charge is 0.165 e. The zero-order valence-electron chi connectivity index (χ0n) is 10.8. The van der Waals surface area contributed by atoms with Crippen LogP contribution in [0.5, 0.6) is 11.5 Å². The number of nitrogens with one attached hydrogen (secondary N) is 1. The molecule has 0 saturated heterocycles. The monoisotopic (exact) mass is 279 g/mol. The molecule has 0 heterocycles. The molecule has 2 rings (SSSR count). The van der Waals surface area contributed by atoms with Crippen LogP contribution in [0.25, 0.3) is 0 Å². The van der Waals surface area contributed by atoms with Gasteiger partial charge in [-0.15, -0.1) is 0 Å². The highest BCUT2D eigenvalue weighted by molar-refractivity contribution is 6.32. The third-order valence-electron chi connectivity index (χ3n) is 2.68. The topological polar surface area (TPSA) is 21.3 Å². The lowest BCUT2D eigenvalue weighted by molar-refractivity contribution is 0.442.